The molecule has 0 aliphatic carbocycles. The minimum Gasteiger partial charge on any atom is -0.550 e. The third-order valence-corrected chi connectivity index (χ3v) is 1.24. The van der Waals surface area contributed by atoms with Crippen molar-refractivity contribution in [2.45, 2.75) is 25.7 Å². The van der Waals surface area contributed by atoms with Crippen molar-refractivity contribution in [1.82, 2.24) is 0 Å². The number of carboxylic acids is 4. The summed E-state index contributed by atoms with van der Waals surface area (Å²) in [4.78, 5) is 38.1. The molecule has 0 aliphatic heterocycles. The van der Waals surface area contributed by atoms with Crippen LogP contribution in [0, 0.1) is 0 Å². The maximum absolute atomic E-state index is 9.61. The van der Waals surface area contributed by atoms with E-state index in [1.54, 1.807) is 0 Å². The Balaban J connectivity index is -0.0000000464. The molecule has 5 N–H and O–H groups in total. The van der Waals surface area contributed by atoms with Gasteiger partial charge < -0.3 is 46.3 Å². The normalized spacial score (nSPS) is 7.22. The van der Waals surface area contributed by atoms with Crippen LogP contribution in [-0.4, -0.2) is 42.1 Å². The predicted octanol–water partition coefficient (Wildman–Crippen LogP) is -14.2. The van der Waals surface area contributed by atoms with Crippen LogP contribution in [0.4, 0.5) is 0 Å². The second-order valence-corrected chi connectivity index (χ2v) is 3.09. The van der Waals surface area contributed by atoms with E-state index in [4.69, 9.17) is 16.6 Å². The Labute approximate surface area is 261 Å². The summed E-state index contributed by atoms with van der Waals surface area (Å²) >= 11 is 0. The molecule has 0 fully saturated rings. The van der Waals surface area contributed by atoms with Gasteiger partial charge in [-0.3, -0.25) is 4.79 Å². The first-order valence-corrected chi connectivity index (χ1v) is 5.38. The van der Waals surface area contributed by atoms with Gasteiger partial charge in [0, 0.05) is 31.0 Å². The van der Waals surface area contributed by atoms with Gasteiger partial charge in [-0.15, -0.1) is 0 Å². The van der Waals surface area contributed by atoms with Crippen LogP contribution in [0.2, 0.25) is 0 Å². The quantitative estimate of drug-likeness (QED) is 0.337. The fraction of sp³-hybridized carbons (Fsp3) is 0.600. The van der Waals surface area contributed by atoms with Gasteiger partial charge in [-0.05, 0) is 19.3 Å². The monoisotopic (exact) mass is 410 g/mol. The van der Waals surface area contributed by atoms with Crippen LogP contribution in [-0.2, 0) is 19.2 Å². The van der Waals surface area contributed by atoms with Gasteiger partial charge in [-0.25, -0.2) is 0 Å². The minimum atomic E-state index is -1.37. The largest absolute Gasteiger partial charge is 1.00 e. The van der Waals surface area contributed by atoms with E-state index in [1.165, 1.54) is 0 Å². The molecule has 0 saturated heterocycles. The molecule has 23 heavy (non-hydrogen) atoms. The standard InChI is InChI=1S/2C4H6O4.C2H8N2.3K/c2*5-3(6)1-2-4(7)8;3-1-2-4;;;/h2*1-2H2,(H,5,6)(H,7,8);1-4H2;;;/q;;;3*+1/p-3. The summed E-state index contributed by atoms with van der Waals surface area (Å²) in [5, 5.41) is 36.4. The van der Waals surface area contributed by atoms with E-state index in [-0.39, 0.29) is 161 Å². The van der Waals surface area contributed by atoms with Gasteiger partial charge in [0.2, 0.25) is 0 Å². The molecule has 0 radical (unpaired) electrons. The molecule has 0 spiro atoms. The topological polar surface area (TPSA) is 210 Å². The molecule has 118 valence electrons. The Morgan fingerprint density at radius 2 is 0.870 bits per heavy atom. The molecule has 0 atom stereocenters. The van der Waals surface area contributed by atoms with Crippen molar-refractivity contribution >= 4 is 23.9 Å². The number of carbonyl (C=O) groups is 4. The van der Waals surface area contributed by atoms with E-state index < -0.39 is 43.1 Å². The first-order chi connectivity index (χ1) is 9.17. The van der Waals surface area contributed by atoms with Crippen molar-refractivity contribution in [3.05, 3.63) is 0 Å². The van der Waals surface area contributed by atoms with Gasteiger partial charge in [0.1, 0.15) is 0 Å². The molecule has 0 saturated carbocycles. The fourth-order valence-corrected chi connectivity index (χ4v) is 0.413. The van der Waals surface area contributed by atoms with Crippen molar-refractivity contribution in [1.29, 1.82) is 0 Å². The molecule has 0 unspecified atom stereocenters. The van der Waals surface area contributed by atoms with E-state index in [0.29, 0.717) is 13.1 Å². The van der Waals surface area contributed by atoms with Gasteiger partial charge in [0.05, 0.1) is 6.42 Å². The van der Waals surface area contributed by atoms with Crippen LogP contribution in [0.15, 0.2) is 0 Å². The zero-order valence-electron chi connectivity index (χ0n) is 13.7. The number of rotatable bonds is 7. The molecule has 0 heterocycles. The van der Waals surface area contributed by atoms with Gasteiger partial charge >= 0.3 is 160 Å². The Morgan fingerprint density at radius 3 is 0.957 bits per heavy atom. The molecule has 0 aromatic rings. The summed E-state index contributed by atoms with van der Waals surface area (Å²) in [6.07, 6.45) is -1.71. The summed E-state index contributed by atoms with van der Waals surface area (Å²) < 4.78 is 0. The fourth-order valence-electron chi connectivity index (χ4n) is 0.413. The summed E-state index contributed by atoms with van der Waals surface area (Å²) in [5.74, 6) is -5.18. The zero-order chi connectivity index (χ0) is 16.6. The Bertz CT molecular complexity index is 260. The van der Waals surface area contributed by atoms with Crippen LogP contribution >= 0.6 is 0 Å². The molecule has 0 rings (SSSR count). The number of hydrogen-bond donors (Lipinski definition) is 3. The second kappa shape index (κ2) is 32.4. The summed E-state index contributed by atoms with van der Waals surface area (Å²) in [7, 11) is 0. The van der Waals surface area contributed by atoms with Crippen molar-refractivity contribution in [3.63, 3.8) is 0 Å². The molecule has 0 bridgehead atoms. The van der Waals surface area contributed by atoms with Crippen LogP contribution < -0.4 is 181 Å². The Kier molecular flexibility index (Phi) is 56.9. The summed E-state index contributed by atoms with van der Waals surface area (Å²) in [6.45, 7) is 1.19. The van der Waals surface area contributed by atoms with E-state index in [0.717, 1.165) is 0 Å². The smallest absolute Gasteiger partial charge is 0.550 e. The van der Waals surface area contributed by atoms with Gasteiger partial charge in [0.15, 0.2) is 0 Å². The van der Waals surface area contributed by atoms with Crippen molar-refractivity contribution in [2.24, 2.45) is 11.5 Å². The van der Waals surface area contributed by atoms with Crippen LogP contribution in [0.3, 0.4) is 0 Å². The minimum absolute atomic E-state index is 0. The Hall–Kier alpha value is 2.71. The molecule has 0 aliphatic rings. The van der Waals surface area contributed by atoms with Gasteiger partial charge in [-0.1, -0.05) is 0 Å². The summed E-state index contributed by atoms with van der Waals surface area (Å²) in [5.41, 5.74) is 9.81. The summed E-state index contributed by atoms with van der Waals surface area (Å²) in [6, 6.07) is 0. The first-order valence-electron chi connectivity index (χ1n) is 5.38. The van der Waals surface area contributed by atoms with Crippen molar-refractivity contribution < 1.29 is 194 Å². The van der Waals surface area contributed by atoms with Crippen LogP contribution in [0.5, 0.6) is 0 Å². The molecule has 13 heteroatoms. The third kappa shape index (κ3) is 67.8. The molecule has 0 amide bonds. The van der Waals surface area contributed by atoms with E-state index in [9.17, 15) is 34.5 Å². The van der Waals surface area contributed by atoms with E-state index >= 15 is 0 Å². The number of nitrogens with two attached hydrogens (primary N) is 2. The average Bonchev–Trinajstić information content (AvgIpc) is 2.35. The SMILES string of the molecule is NCCN.O=C([O-])CCC(=O)O.O=C([O-])CCC(=O)[O-].[K+].[K+].[K+]. The molecular weight excluding hydrogens is 393 g/mol. The second-order valence-electron chi connectivity index (χ2n) is 3.09. The van der Waals surface area contributed by atoms with E-state index in [2.05, 4.69) is 0 Å². The Morgan fingerprint density at radius 1 is 0.652 bits per heavy atom. The first kappa shape index (κ1) is 40.4. The van der Waals surface area contributed by atoms with Crippen LogP contribution in [0.25, 0.3) is 0 Å². The molecular formula is C10H17K3N2O8. The van der Waals surface area contributed by atoms with Crippen LogP contribution in [0.1, 0.15) is 25.7 Å². The van der Waals surface area contributed by atoms with E-state index in [1.807, 2.05) is 0 Å². The zero-order valence-corrected chi connectivity index (χ0v) is 23.1. The predicted molar refractivity (Wildman–Crippen MR) is 59.2 cm³/mol. The average molecular weight is 411 g/mol. The number of hydrogen-bond acceptors (Lipinski definition) is 9. The van der Waals surface area contributed by atoms with Gasteiger partial charge in [-0.2, -0.15) is 0 Å². The maximum Gasteiger partial charge on any atom is 1.00 e. The molecule has 0 aromatic heterocycles. The van der Waals surface area contributed by atoms with Gasteiger partial charge in [0.25, 0.3) is 0 Å². The third-order valence-electron chi connectivity index (χ3n) is 1.24. The molecule has 0 aromatic carbocycles. The maximum atomic E-state index is 9.61. The number of carbonyl (C=O) groups excluding carboxylic acids is 3. The number of carboxylic acid groups (broad SMARTS) is 4. The van der Waals surface area contributed by atoms with Crippen molar-refractivity contribution in [3.8, 4) is 0 Å². The molecule has 10 nitrogen and oxygen atoms in total. The van der Waals surface area contributed by atoms with Crippen molar-refractivity contribution in [2.75, 3.05) is 13.1 Å². The number of aliphatic carboxylic acids is 4.